The van der Waals surface area contributed by atoms with E-state index in [1.54, 1.807) is 0 Å². The number of hydrogen-bond acceptors (Lipinski definition) is 3. The first-order valence-electron chi connectivity index (χ1n) is 6.83. The van der Waals surface area contributed by atoms with Gasteiger partial charge < -0.3 is 9.31 Å². The Hall–Kier alpha value is -1.20. The van der Waals surface area contributed by atoms with Crippen molar-refractivity contribution in [3.63, 3.8) is 0 Å². The molecule has 0 atom stereocenters. The van der Waals surface area contributed by atoms with Gasteiger partial charge in [0.05, 0.1) is 17.7 Å². The van der Waals surface area contributed by atoms with Gasteiger partial charge in [0.2, 0.25) is 0 Å². The molecule has 0 aromatic carbocycles. The summed E-state index contributed by atoms with van der Waals surface area (Å²) in [6.45, 7) is 11.3. The molecule has 4 nitrogen and oxygen atoms in total. The van der Waals surface area contributed by atoms with Crippen LogP contribution in [0.25, 0.3) is 0 Å². The molecule has 0 radical (unpaired) electrons. The molecule has 2 aliphatic rings. The smallest absolute Gasteiger partial charge is 0.397 e. The number of aromatic nitrogens is 1. The highest BCUT2D eigenvalue weighted by molar-refractivity contribution is 6.85. The molecule has 1 aromatic rings. The van der Waals surface area contributed by atoms with Gasteiger partial charge in [0.15, 0.2) is 5.61 Å². The molecule has 0 saturated carbocycles. The van der Waals surface area contributed by atoms with Crippen molar-refractivity contribution in [3.8, 4) is 0 Å². The van der Waals surface area contributed by atoms with Gasteiger partial charge in [0, 0.05) is 0 Å². The Morgan fingerprint density at radius 3 is 2.42 bits per heavy atom. The SMILES string of the molecule is CC[N+]1=C(B2OC(C)(C)C(C)(C)O2)c2cccnc21. The zero-order valence-corrected chi connectivity index (χ0v) is 12.2. The lowest BCUT2D eigenvalue weighted by Crippen LogP contribution is -2.43. The third-order valence-corrected chi connectivity index (χ3v) is 4.40. The highest BCUT2D eigenvalue weighted by Crippen LogP contribution is 2.40. The first-order valence-corrected chi connectivity index (χ1v) is 6.83. The summed E-state index contributed by atoms with van der Waals surface area (Å²) >= 11 is 0. The molecule has 5 heteroatoms. The molecular weight excluding hydrogens is 239 g/mol. The molecule has 0 unspecified atom stereocenters. The lowest BCUT2D eigenvalue weighted by Gasteiger charge is -2.32. The zero-order valence-electron chi connectivity index (χ0n) is 12.2. The van der Waals surface area contributed by atoms with E-state index in [1.165, 1.54) is 0 Å². The van der Waals surface area contributed by atoms with Gasteiger partial charge in [-0.1, -0.05) is 0 Å². The van der Waals surface area contributed by atoms with E-state index in [0.29, 0.717) is 0 Å². The Morgan fingerprint density at radius 2 is 1.84 bits per heavy atom. The molecular formula is C14H20BN2O2+. The second kappa shape index (κ2) is 3.90. The van der Waals surface area contributed by atoms with E-state index in [2.05, 4.69) is 50.2 Å². The average molecular weight is 259 g/mol. The summed E-state index contributed by atoms with van der Waals surface area (Å²) in [6.07, 6.45) is 1.82. The van der Waals surface area contributed by atoms with Crippen LogP contribution in [0.15, 0.2) is 18.3 Å². The molecule has 3 heterocycles. The highest BCUT2D eigenvalue weighted by Gasteiger charge is 2.57. The lowest BCUT2D eigenvalue weighted by atomic mass is 9.74. The molecule has 100 valence electrons. The van der Waals surface area contributed by atoms with Crippen molar-refractivity contribution in [1.29, 1.82) is 0 Å². The monoisotopic (exact) mass is 259 g/mol. The second-order valence-electron chi connectivity index (χ2n) is 6.09. The molecule has 1 saturated heterocycles. The summed E-state index contributed by atoms with van der Waals surface area (Å²) in [7, 11) is -0.304. The van der Waals surface area contributed by atoms with Crippen molar-refractivity contribution in [1.82, 2.24) is 4.98 Å². The summed E-state index contributed by atoms with van der Waals surface area (Å²) in [5.74, 6) is 1.02. The van der Waals surface area contributed by atoms with Crippen molar-refractivity contribution < 1.29 is 13.9 Å². The van der Waals surface area contributed by atoms with E-state index in [1.807, 2.05) is 12.3 Å². The minimum absolute atomic E-state index is 0.304. The van der Waals surface area contributed by atoms with Crippen molar-refractivity contribution in [2.24, 2.45) is 0 Å². The maximum absolute atomic E-state index is 6.13. The van der Waals surface area contributed by atoms with Crippen LogP contribution in [0.2, 0.25) is 0 Å². The van der Waals surface area contributed by atoms with Gasteiger partial charge in [-0.3, -0.25) is 0 Å². The van der Waals surface area contributed by atoms with Gasteiger partial charge in [-0.2, -0.15) is 0 Å². The number of pyridine rings is 1. The fraction of sp³-hybridized carbons (Fsp3) is 0.571. The van der Waals surface area contributed by atoms with Crippen LogP contribution >= 0.6 is 0 Å². The van der Waals surface area contributed by atoms with Crippen LogP contribution in [-0.4, -0.2) is 40.0 Å². The Kier molecular flexibility index (Phi) is 2.63. The van der Waals surface area contributed by atoms with Crippen LogP contribution < -0.4 is 0 Å². The number of hydrogen-bond donors (Lipinski definition) is 0. The Labute approximate surface area is 114 Å². The van der Waals surface area contributed by atoms with Crippen LogP contribution in [0.4, 0.5) is 5.82 Å². The standard InChI is InChI=1S/C14H20BN2O2/c1-6-17-11(10-8-7-9-16-12(10)17)15-18-13(2,3)14(4,5)19-15/h7-9H,6H2,1-5H3/q+1. The Morgan fingerprint density at radius 1 is 1.21 bits per heavy atom. The maximum atomic E-state index is 6.13. The molecule has 0 spiro atoms. The first-order chi connectivity index (χ1) is 8.87. The molecule has 19 heavy (non-hydrogen) atoms. The second-order valence-corrected chi connectivity index (χ2v) is 6.09. The van der Waals surface area contributed by atoms with Crippen molar-refractivity contribution in [2.45, 2.75) is 45.8 Å². The Balaban J connectivity index is 1.97. The summed E-state index contributed by atoms with van der Waals surface area (Å²) in [4.78, 5) is 4.41. The van der Waals surface area contributed by atoms with E-state index < -0.39 is 0 Å². The van der Waals surface area contributed by atoms with Gasteiger partial charge >= 0.3 is 12.9 Å². The summed E-state index contributed by atoms with van der Waals surface area (Å²) in [6, 6.07) is 4.03. The van der Waals surface area contributed by atoms with Gasteiger partial charge in [0.1, 0.15) is 11.8 Å². The van der Waals surface area contributed by atoms with E-state index in [9.17, 15) is 0 Å². The van der Waals surface area contributed by atoms with E-state index in [4.69, 9.17) is 9.31 Å². The van der Waals surface area contributed by atoms with E-state index in [0.717, 1.165) is 23.5 Å². The minimum atomic E-state index is -0.304. The molecule has 3 rings (SSSR count). The predicted octanol–water partition coefficient (Wildman–Crippen LogP) is 2.18. The third kappa shape index (κ3) is 1.68. The summed E-state index contributed by atoms with van der Waals surface area (Å²) < 4.78 is 14.4. The third-order valence-electron chi connectivity index (χ3n) is 4.40. The van der Waals surface area contributed by atoms with Gasteiger partial charge in [-0.05, 0) is 51.7 Å². The largest absolute Gasteiger partial charge is 0.538 e. The number of fused-ring (bicyclic) bond motifs is 1. The van der Waals surface area contributed by atoms with Crippen LogP contribution in [0.5, 0.6) is 0 Å². The van der Waals surface area contributed by atoms with Gasteiger partial charge in [-0.25, -0.2) is 4.58 Å². The van der Waals surface area contributed by atoms with Crippen LogP contribution in [0, 0.1) is 0 Å². The van der Waals surface area contributed by atoms with Crippen molar-refractivity contribution in [2.75, 3.05) is 6.54 Å². The molecule has 1 aromatic heterocycles. The highest BCUT2D eigenvalue weighted by atomic mass is 16.7. The van der Waals surface area contributed by atoms with Crippen molar-refractivity contribution in [3.05, 3.63) is 23.9 Å². The number of rotatable bonds is 2. The van der Waals surface area contributed by atoms with Gasteiger partial charge in [-0.15, -0.1) is 0 Å². The summed E-state index contributed by atoms with van der Waals surface area (Å²) in [5, 5.41) is 0. The van der Waals surface area contributed by atoms with Crippen LogP contribution in [0.3, 0.4) is 0 Å². The van der Waals surface area contributed by atoms with E-state index in [-0.39, 0.29) is 18.3 Å². The first kappa shape index (κ1) is 12.8. The van der Waals surface area contributed by atoms with Crippen LogP contribution in [0.1, 0.15) is 40.2 Å². The fourth-order valence-corrected chi connectivity index (χ4v) is 2.55. The summed E-state index contributed by atoms with van der Waals surface area (Å²) in [5.41, 5.74) is 1.64. The molecule has 0 amide bonds. The molecule has 0 N–H and O–H groups in total. The van der Waals surface area contributed by atoms with Gasteiger partial charge in [0.25, 0.3) is 0 Å². The molecule has 2 aliphatic heterocycles. The molecule has 1 fully saturated rings. The topological polar surface area (TPSA) is 34.4 Å². The zero-order chi connectivity index (χ0) is 13.8. The number of nitrogens with zero attached hydrogens (tertiary/aromatic N) is 2. The van der Waals surface area contributed by atoms with Crippen molar-refractivity contribution >= 4 is 18.5 Å². The Bertz CT molecular complexity index is 550. The lowest BCUT2D eigenvalue weighted by molar-refractivity contribution is -0.450. The minimum Gasteiger partial charge on any atom is -0.397 e. The van der Waals surface area contributed by atoms with Crippen LogP contribution in [-0.2, 0) is 9.31 Å². The quantitative estimate of drug-likeness (QED) is 0.603. The average Bonchev–Trinajstić information content (AvgIpc) is 2.50. The van der Waals surface area contributed by atoms with E-state index >= 15 is 0 Å². The molecule has 0 aliphatic carbocycles. The maximum Gasteiger partial charge on any atom is 0.538 e. The predicted molar refractivity (Wildman–Crippen MR) is 74.9 cm³/mol. The molecule has 0 bridgehead atoms. The normalized spacial score (nSPS) is 23.3. The fourth-order valence-electron chi connectivity index (χ4n) is 2.55.